The third kappa shape index (κ3) is 5.57. The number of aromatic nitrogens is 2. The Balaban J connectivity index is 1.21. The van der Waals surface area contributed by atoms with E-state index in [9.17, 15) is 13.2 Å². The minimum atomic E-state index is -5.12. The van der Waals surface area contributed by atoms with Gasteiger partial charge in [-0.25, -0.2) is 0 Å². The molecule has 16 rings (SSSR count). The normalized spacial score (nSPS) is 14.7. The van der Waals surface area contributed by atoms with Crippen molar-refractivity contribution in [3.05, 3.63) is 220 Å². The maximum Gasteiger partial charge on any atom is 0.416 e. The first-order valence-electron chi connectivity index (χ1n) is 24.8. The smallest absolute Gasteiger partial charge is 0.310 e. The lowest BCUT2D eigenvalue weighted by molar-refractivity contribution is -0.138. The van der Waals surface area contributed by atoms with Crippen LogP contribution in [-0.4, -0.2) is 15.8 Å². The first kappa shape index (κ1) is 45.5. The van der Waals surface area contributed by atoms with Crippen LogP contribution >= 0.6 is 0 Å². The van der Waals surface area contributed by atoms with Crippen molar-refractivity contribution < 1.29 is 52.7 Å². The lowest BCUT2D eigenvalue weighted by Gasteiger charge is -2.45. The van der Waals surface area contributed by atoms with Crippen molar-refractivity contribution in [3.63, 3.8) is 0 Å². The van der Waals surface area contributed by atoms with Gasteiger partial charge in [-0.05, 0) is 126 Å². The average molecular weight is 1050 g/mol. The van der Waals surface area contributed by atoms with Gasteiger partial charge < -0.3 is 9.13 Å². The lowest BCUT2D eigenvalue weighted by atomic mass is 9.33. The van der Waals surface area contributed by atoms with Gasteiger partial charge in [0.2, 0.25) is 0 Å². The Kier molecular flexibility index (Phi) is 8.42. The van der Waals surface area contributed by atoms with Crippen LogP contribution in [0.15, 0.2) is 176 Å². The maximum absolute atomic E-state index is 15.8. The van der Waals surface area contributed by atoms with E-state index < -0.39 is 59.1 Å². The van der Waals surface area contributed by atoms with E-state index in [0.29, 0.717) is 50.0 Å². The van der Waals surface area contributed by atoms with E-state index in [1.807, 2.05) is 109 Å². The van der Waals surface area contributed by atoms with E-state index in [1.165, 1.54) is 6.07 Å². The summed E-state index contributed by atoms with van der Waals surface area (Å²) in [4.78, 5) is 0. The van der Waals surface area contributed by atoms with Crippen LogP contribution in [-0.2, 0) is 30.1 Å². The van der Waals surface area contributed by atoms with Gasteiger partial charge in [-0.3, -0.25) is 0 Å². The molecule has 378 valence electrons. The predicted octanol–water partition coefficient (Wildman–Crippen LogP) is 16.3. The summed E-state index contributed by atoms with van der Waals surface area (Å²) in [6.07, 6.45) is -20.2. The van der Waals surface area contributed by atoms with Crippen molar-refractivity contribution in [3.8, 4) is 44.8 Å². The summed E-state index contributed by atoms with van der Waals surface area (Å²) in [7, 11) is 0. The van der Waals surface area contributed by atoms with Crippen molar-refractivity contribution in [2.75, 3.05) is 0 Å². The fourth-order valence-electron chi connectivity index (χ4n) is 14.1. The Morgan fingerprint density at radius 1 is 0.321 bits per heavy atom. The Labute approximate surface area is 433 Å². The monoisotopic (exact) mass is 1050 g/mol. The molecule has 0 atom stereocenters. The van der Waals surface area contributed by atoms with Gasteiger partial charge in [-0.1, -0.05) is 127 Å². The summed E-state index contributed by atoms with van der Waals surface area (Å²) in [6, 6.07) is 45.5. The summed E-state index contributed by atoms with van der Waals surface area (Å²) < 4.78 is 189. The van der Waals surface area contributed by atoms with Gasteiger partial charge in [0.1, 0.15) is 0 Å². The van der Waals surface area contributed by atoms with Crippen LogP contribution in [0, 0.1) is 0 Å². The second-order valence-electron chi connectivity index (χ2n) is 20.7. The topological polar surface area (TPSA) is 9.86 Å². The molecular formula is C63H29BF12N2. The number of benzene rings is 10. The molecule has 0 bridgehead atoms. The molecule has 15 heteroatoms. The third-order valence-corrected chi connectivity index (χ3v) is 16.9. The first-order chi connectivity index (χ1) is 37.2. The fraction of sp³-hybridized carbons (Fsp3) is 0.0794. The standard InChI is InChI=1S/C63H29BF12N2/c65-60(66,67)31-20-21-52-41(22-31)42-24-33(62(71,72)73)27-50-55(42)77(52)57-45(38-17-9-15-36-35(14-8-16-37(36)38)30-10-2-1-3-11-30)29-49-58-53(57)64(50)51-28-34(63(74,75)76)25-44-43-23-32(61(68,69)70)26-48(54(43)78(58)56(44)51)59(49)46-18-6-4-12-39(46)40-13-5-7-19-47(40)59/h1-29H. The van der Waals surface area contributed by atoms with E-state index in [-0.39, 0.29) is 71.3 Å². The summed E-state index contributed by atoms with van der Waals surface area (Å²) in [5, 5.41) is 0.686. The van der Waals surface area contributed by atoms with Crippen molar-refractivity contribution in [2.45, 2.75) is 30.1 Å². The molecule has 12 aromatic rings. The Hall–Kier alpha value is -8.72. The molecule has 0 N–H and O–H groups in total. The van der Waals surface area contributed by atoms with Crippen LogP contribution in [0.5, 0.6) is 0 Å². The van der Waals surface area contributed by atoms with Crippen molar-refractivity contribution in [1.82, 2.24) is 9.13 Å². The number of hydrogen-bond acceptors (Lipinski definition) is 0. The lowest BCUT2D eigenvalue weighted by Crippen LogP contribution is -2.61. The summed E-state index contributed by atoms with van der Waals surface area (Å²) in [6.45, 7) is -1.51. The van der Waals surface area contributed by atoms with Crippen LogP contribution in [0.3, 0.4) is 0 Å². The van der Waals surface area contributed by atoms with Gasteiger partial charge in [0.25, 0.3) is 6.71 Å². The average Bonchev–Trinajstić information content (AvgIpc) is 2.99. The van der Waals surface area contributed by atoms with Crippen molar-refractivity contribution >= 4 is 77.5 Å². The van der Waals surface area contributed by atoms with E-state index in [1.54, 1.807) is 21.3 Å². The van der Waals surface area contributed by atoms with Crippen LogP contribution in [0.1, 0.15) is 44.5 Å². The second-order valence-corrected chi connectivity index (χ2v) is 20.7. The first-order valence-corrected chi connectivity index (χ1v) is 24.8. The summed E-state index contributed by atoms with van der Waals surface area (Å²) in [5.41, 5.74) is 0.195. The number of rotatable bonds is 2. The van der Waals surface area contributed by atoms with Crippen LogP contribution in [0.2, 0.25) is 0 Å². The van der Waals surface area contributed by atoms with Gasteiger partial charge in [0, 0.05) is 43.8 Å². The summed E-state index contributed by atoms with van der Waals surface area (Å²) in [5.74, 6) is 0. The molecule has 4 aliphatic rings. The number of hydrogen-bond donors (Lipinski definition) is 0. The highest BCUT2D eigenvalue weighted by Crippen LogP contribution is 2.63. The molecule has 0 amide bonds. The van der Waals surface area contributed by atoms with Crippen molar-refractivity contribution in [2.24, 2.45) is 0 Å². The highest BCUT2D eigenvalue weighted by molar-refractivity contribution is 7.00. The fourth-order valence-corrected chi connectivity index (χ4v) is 14.1. The highest BCUT2D eigenvalue weighted by atomic mass is 19.4. The second kappa shape index (κ2) is 14.4. The van der Waals surface area contributed by atoms with Crippen molar-refractivity contribution in [1.29, 1.82) is 0 Å². The molecule has 0 radical (unpaired) electrons. The van der Waals surface area contributed by atoms with Gasteiger partial charge in [-0.15, -0.1) is 0 Å². The molecule has 0 fully saturated rings. The zero-order valence-electron chi connectivity index (χ0n) is 39.8. The zero-order chi connectivity index (χ0) is 53.5. The molecule has 5 heterocycles. The number of alkyl halides is 12. The van der Waals surface area contributed by atoms with Crippen LogP contribution in [0.4, 0.5) is 52.7 Å². The molecule has 1 spiro atoms. The van der Waals surface area contributed by atoms with E-state index in [4.69, 9.17) is 0 Å². The molecule has 2 nitrogen and oxygen atoms in total. The zero-order valence-corrected chi connectivity index (χ0v) is 39.8. The molecule has 3 aliphatic heterocycles. The minimum Gasteiger partial charge on any atom is -0.310 e. The number of nitrogens with zero attached hydrogens (tertiary/aromatic N) is 2. The third-order valence-electron chi connectivity index (χ3n) is 16.9. The van der Waals surface area contributed by atoms with Gasteiger partial charge >= 0.3 is 24.7 Å². The molecule has 10 aromatic carbocycles. The van der Waals surface area contributed by atoms with E-state index >= 15 is 39.5 Å². The Bertz CT molecular complexity index is 4700. The van der Waals surface area contributed by atoms with E-state index in [2.05, 4.69) is 0 Å². The van der Waals surface area contributed by atoms with Gasteiger partial charge in [0.15, 0.2) is 0 Å². The van der Waals surface area contributed by atoms with Crippen LogP contribution < -0.4 is 16.4 Å². The Morgan fingerprint density at radius 2 is 0.808 bits per heavy atom. The van der Waals surface area contributed by atoms with Gasteiger partial charge in [-0.2, -0.15) is 52.7 Å². The molecule has 2 aromatic heterocycles. The highest BCUT2D eigenvalue weighted by Gasteiger charge is 2.56. The SMILES string of the molecule is FC(F)(F)c1ccc2c(c1)c1cc(C(F)(F)F)cc3c1n2-c1c(-c2cccc4c(-c5ccccc5)cccc24)cc2c4c1B3c1cc(C(F)(F)F)cc3c5cc(C(F)(F)F)cc(c5n-4c13)C21c2ccccc2-c2ccccc21. The number of halogens is 12. The Morgan fingerprint density at radius 3 is 1.41 bits per heavy atom. The number of fused-ring (bicyclic) bond motifs is 15. The molecule has 0 saturated carbocycles. The molecule has 78 heavy (non-hydrogen) atoms. The van der Waals surface area contributed by atoms with E-state index in [0.717, 1.165) is 65.0 Å². The molecule has 0 unspecified atom stereocenters. The van der Waals surface area contributed by atoms with Gasteiger partial charge in [0.05, 0.1) is 44.4 Å². The summed E-state index contributed by atoms with van der Waals surface area (Å²) >= 11 is 0. The maximum atomic E-state index is 15.8. The molecule has 1 aliphatic carbocycles. The minimum absolute atomic E-state index is 0.0403. The molecule has 0 saturated heterocycles. The molecular weight excluding hydrogens is 1020 g/mol. The largest absolute Gasteiger partial charge is 0.416 e. The van der Waals surface area contributed by atoms with Crippen LogP contribution in [0.25, 0.3) is 99.1 Å². The predicted molar refractivity (Wildman–Crippen MR) is 279 cm³/mol. The quantitative estimate of drug-likeness (QED) is 0.121.